The summed E-state index contributed by atoms with van der Waals surface area (Å²) < 4.78 is 32.8. The number of likely N-dealkylation sites (N-methyl/N-ethyl adjacent to an activating group) is 1. The van der Waals surface area contributed by atoms with E-state index in [0.29, 0.717) is 24.5 Å². The molecule has 2 N–H and O–H groups in total. The van der Waals surface area contributed by atoms with E-state index in [-0.39, 0.29) is 21.2 Å². The Hall–Kier alpha value is -2.49. The topological polar surface area (TPSA) is 99.2 Å². The number of hydrogen-bond donors (Lipinski definition) is 2. The van der Waals surface area contributed by atoms with Gasteiger partial charge in [-0.1, -0.05) is 11.6 Å². The lowest BCUT2D eigenvalue weighted by Gasteiger charge is -2.34. The summed E-state index contributed by atoms with van der Waals surface area (Å²) in [5.74, 6) is -0.761. The van der Waals surface area contributed by atoms with Crippen LogP contribution in [0.1, 0.15) is 10.4 Å². The molecule has 156 valence electrons. The van der Waals surface area contributed by atoms with Crippen molar-refractivity contribution in [3.8, 4) is 5.75 Å². The molecule has 1 saturated heterocycles. The summed E-state index contributed by atoms with van der Waals surface area (Å²) in [6, 6.07) is 8.62. The summed E-state index contributed by atoms with van der Waals surface area (Å²) in [6.07, 6.45) is 0. The lowest BCUT2D eigenvalue weighted by molar-refractivity contribution is 0.0697. The number of anilines is 2. The second-order valence-electron chi connectivity index (χ2n) is 6.73. The van der Waals surface area contributed by atoms with Crippen LogP contribution in [-0.2, 0) is 10.0 Å². The van der Waals surface area contributed by atoms with E-state index in [1.54, 1.807) is 12.1 Å². The fraction of sp³-hybridized carbons (Fsp3) is 0.316. The molecule has 10 heteroatoms. The molecular weight excluding hydrogens is 418 g/mol. The molecule has 29 heavy (non-hydrogen) atoms. The van der Waals surface area contributed by atoms with Crippen molar-refractivity contribution in [1.29, 1.82) is 0 Å². The van der Waals surface area contributed by atoms with E-state index in [4.69, 9.17) is 16.3 Å². The van der Waals surface area contributed by atoms with Crippen LogP contribution in [0.15, 0.2) is 41.3 Å². The highest BCUT2D eigenvalue weighted by molar-refractivity contribution is 7.92. The fourth-order valence-electron chi connectivity index (χ4n) is 3.12. The number of methoxy groups -OCH3 is 1. The van der Waals surface area contributed by atoms with Gasteiger partial charge in [0, 0.05) is 31.9 Å². The normalized spacial score (nSPS) is 15.2. The Kier molecular flexibility index (Phi) is 6.21. The lowest BCUT2D eigenvalue weighted by atomic mass is 10.1. The molecule has 3 rings (SSSR count). The third-order valence-electron chi connectivity index (χ3n) is 4.76. The predicted molar refractivity (Wildman–Crippen MR) is 112 cm³/mol. The molecule has 0 spiro atoms. The van der Waals surface area contributed by atoms with Crippen molar-refractivity contribution < 1.29 is 23.1 Å². The standard InChI is InChI=1S/C19H22ClN3O5S/c1-22-7-9-23(10-8-22)17-5-3-13(11-15(17)19(24)25)21-29(26,27)14-4-6-18(28-2)16(20)12-14/h3-6,11-12,21H,7-10H2,1-2H3,(H,24,25). The first-order valence-corrected chi connectivity index (χ1v) is 10.7. The van der Waals surface area contributed by atoms with Crippen LogP contribution in [0.25, 0.3) is 0 Å². The number of halogens is 1. The molecule has 0 bridgehead atoms. The van der Waals surface area contributed by atoms with E-state index in [0.717, 1.165) is 13.1 Å². The first-order valence-electron chi connectivity index (χ1n) is 8.88. The number of carboxylic acids is 1. The molecule has 2 aromatic rings. The smallest absolute Gasteiger partial charge is 0.337 e. The molecule has 1 aliphatic rings. The van der Waals surface area contributed by atoms with Crippen LogP contribution in [-0.4, -0.2) is 64.7 Å². The number of carbonyl (C=O) groups is 1. The molecule has 0 radical (unpaired) electrons. The van der Waals surface area contributed by atoms with Gasteiger partial charge in [-0.25, -0.2) is 13.2 Å². The van der Waals surface area contributed by atoms with Gasteiger partial charge >= 0.3 is 5.97 Å². The maximum Gasteiger partial charge on any atom is 0.337 e. The van der Waals surface area contributed by atoms with Crippen LogP contribution < -0.4 is 14.4 Å². The van der Waals surface area contributed by atoms with Gasteiger partial charge in [0.1, 0.15) is 5.75 Å². The van der Waals surface area contributed by atoms with E-state index < -0.39 is 16.0 Å². The number of rotatable bonds is 6. The number of aromatic carboxylic acids is 1. The second kappa shape index (κ2) is 8.48. The minimum Gasteiger partial charge on any atom is -0.495 e. The fourth-order valence-corrected chi connectivity index (χ4v) is 4.52. The number of ether oxygens (including phenoxy) is 1. The number of carboxylic acid groups (broad SMARTS) is 1. The van der Waals surface area contributed by atoms with Crippen LogP contribution in [0.4, 0.5) is 11.4 Å². The number of hydrogen-bond acceptors (Lipinski definition) is 6. The van der Waals surface area contributed by atoms with Crippen LogP contribution in [0.2, 0.25) is 5.02 Å². The molecule has 8 nitrogen and oxygen atoms in total. The van der Waals surface area contributed by atoms with Gasteiger partial charge in [-0.2, -0.15) is 0 Å². The third-order valence-corrected chi connectivity index (χ3v) is 6.43. The highest BCUT2D eigenvalue weighted by Crippen LogP contribution is 2.30. The van der Waals surface area contributed by atoms with Crippen molar-refractivity contribution in [1.82, 2.24) is 4.90 Å². The zero-order valence-corrected chi connectivity index (χ0v) is 17.6. The van der Waals surface area contributed by atoms with Gasteiger partial charge in [-0.15, -0.1) is 0 Å². The Bertz CT molecular complexity index is 1020. The Balaban J connectivity index is 1.88. The van der Waals surface area contributed by atoms with Gasteiger partial charge in [0.2, 0.25) is 0 Å². The quantitative estimate of drug-likeness (QED) is 0.713. The zero-order chi connectivity index (χ0) is 21.2. The molecule has 1 fully saturated rings. The van der Waals surface area contributed by atoms with E-state index >= 15 is 0 Å². The number of benzene rings is 2. The molecule has 0 aliphatic carbocycles. The highest BCUT2D eigenvalue weighted by Gasteiger charge is 2.22. The van der Waals surface area contributed by atoms with Gasteiger partial charge in [0.25, 0.3) is 10.0 Å². The first-order chi connectivity index (χ1) is 13.7. The zero-order valence-electron chi connectivity index (χ0n) is 16.1. The Morgan fingerprint density at radius 1 is 1.14 bits per heavy atom. The Labute approximate surface area is 174 Å². The summed E-state index contributed by atoms with van der Waals surface area (Å²) >= 11 is 6.02. The molecule has 0 saturated carbocycles. The molecule has 0 aromatic heterocycles. The monoisotopic (exact) mass is 439 g/mol. The summed E-state index contributed by atoms with van der Waals surface area (Å²) in [5, 5.41) is 9.80. The number of sulfonamides is 1. The van der Waals surface area contributed by atoms with Crippen molar-refractivity contribution in [2.24, 2.45) is 0 Å². The van der Waals surface area contributed by atoms with Crippen LogP contribution in [0, 0.1) is 0 Å². The van der Waals surface area contributed by atoms with Crippen LogP contribution in [0.5, 0.6) is 5.75 Å². The summed E-state index contributed by atoms with van der Waals surface area (Å²) in [7, 11) is -0.505. The predicted octanol–water partition coefficient (Wildman–Crippen LogP) is 2.60. The maximum absolute atomic E-state index is 12.7. The van der Waals surface area contributed by atoms with E-state index in [9.17, 15) is 18.3 Å². The minimum atomic E-state index is -3.95. The summed E-state index contributed by atoms with van der Waals surface area (Å²) in [6.45, 7) is 3.05. The van der Waals surface area contributed by atoms with Crippen molar-refractivity contribution in [3.63, 3.8) is 0 Å². The van der Waals surface area contributed by atoms with Crippen LogP contribution in [0.3, 0.4) is 0 Å². The molecular formula is C19H22ClN3O5S. The first kappa shape index (κ1) is 21.2. The van der Waals surface area contributed by atoms with Gasteiger partial charge in [-0.05, 0) is 43.4 Å². The molecule has 1 aliphatic heterocycles. The Morgan fingerprint density at radius 3 is 2.41 bits per heavy atom. The van der Waals surface area contributed by atoms with Crippen molar-refractivity contribution >= 4 is 39.0 Å². The summed E-state index contributed by atoms with van der Waals surface area (Å²) in [4.78, 5) is 15.9. The molecule has 0 atom stereocenters. The number of nitrogens with zero attached hydrogens (tertiary/aromatic N) is 2. The van der Waals surface area contributed by atoms with Gasteiger partial charge < -0.3 is 19.6 Å². The minimum absolute atomic E-state index is 0.0440. The van der Waals surface area contributed by atoms with Crippen LogP contribution >= 0.6 is 11.6 Å². The molecule has 0 amide bonds. The number of nitrogens with one attached hydrogen (secondary N) is 1. The number of piperazine rings is 1. The molecule has 1 heterocycles. The SMILES string of the molecule is COc1ccc(S(=O)(=O)Nc2ccc(N3CCN(C)CC3)c(C(=O)O)c2)cc1Cl. The van der Waals surface area contributed by atoms with Gasteiger partial charge in [-0.3, -0.25) is 4.72 Å². The third kappa shape index (κ3) is 4.75. The second-order valence-corrected chi connectivity index (χ2v) is 8.82. The van der Waals surface area contributed by atoms with Gasteiger partial charge in [0.15, 0.2) is 0 Å². The van der Waals surface area contributed by atoms with E-state index in [2.05, 4.69) is 9.62 Å². The van der Waals surface area contributed by atoms with E-state index in [1.807, 2.05) is 11.9 Å². The highest BCUT2D eigenvalue weighted by atomic mass is 35.5. The molecule has 2 aromatic carbocycles. The van der Waals surface area contributed by atoms with Crippen molar-refractivity contribution in [2.45, 2.75) is 4.90 Å². The summed E-state index contributed by atoms with van der Waals surface area (Å²) in [5.41, 5.74) is 0.774. The lowest BCUT2D eigenvalue weighted by Crippen LogP contribution is -2.45. The van der Waals surface area contributed by atoms with Gasteiger partial charge in [0.05, 0.1) is 28.3 Å². The van der Waals surface area contributed by atoms with Crippen molar-refractivity contribution in [3.05, 3.63) is 47.0 Å². The largest absolute Gasteiger partial charge is 0.495 e. The Morgan fingerprint density at radius 2 is 1.83 bits per heavy atom. The van der Waals surface area contributed by atoms with E-state index in [1.165, 1.54) is 31.4 Å². The maximum atomic E-state index is 12.7. The van der Waals surface area contributed by atoms with Crippen molar-refractivity contribution in [2.75, 3.05) is 50.0 Å². The molecule has 0 unspecified atom stereocenters. The average Bonchev–Trinajstić information content (AvgIpc) is 2.68. The average molecular weight is 440 g/mol.